The number of Topliss-reactive ketones (excluding diaryl/α,β-unsaturated/α-hetero) is 1. The van der Waals surface area contributed by atoms with E-state index < -0.39 is 42.8 Å². The minimum Gasteiger partial charge on any atom is -0.300 e. The molecule has 2 unspecified atom stereocenters. The van der Waals surface area contributed by atoms with Crippen molar-refractivity contribution in [3.8, 4) is 0 Å². The third-order valence-electron chi connectivity index (χ3n) is 8.47. The quantitative estimate of drug-likeness (QED) is 0.211. The lowest BCUT2D eigenvalue weighted by atomic mass is 9.76. The second-order valence-electron chi connectivity index (χ2n) is 11.5. The van der Waals surface area contributed by atoms with Gasteiger partial charge in [-0.3, -0.25) is 14.2 Å². The summed E-state index contributed by atoms with van der Waals surface area (Å²) in [5, 5.41) is 0. The normalized spacial score (nSPS) is 19.0. The molecule has 1 aromatic heterocycles. The van der Waals surface area contributed by atoms with Crippen molar-refractivity contribution in [3.05, 3.63) is 63.1 Å². The molecule has 226 valence electrons. The van der Waals surface area contributed by atoms with Gasteiger partial charge >= 0.3 is 12.4 Å². The number of benzene rings is 1. The topological polar surface area (TPSA) is 52.0 Å². The van der Waals surface area contributed by atoms with Gasteiger partial charge in [0.1, 0.15) is 17.4 Å². The molecule has 0 N–H and O–H groups in total. The highest BCUT2D eigenvalue weighted by molar-refractivity contribution is 5.79. The van der Waals surface area contributed by atoms with E-state index >= 15 is 0 Å². The molecule has 1 fully saturated rings. The molecule has 2 aliphatic rings. The molecule has 41 heavy (non-hydrogen) atoms. The summed E-state index contributed by atoms with van der Waals surface area (Å²) in [6.07, 6.45) is -6.90. The van der Waals surface area contributed by atoms with Crippen LogP contribution >= 0.6 is 0 Å². The van der Waals surface area contributed by atoms with Gasteiger partial charge in [-0.15, -0.1) is 0 Å². The van der Waals surface area contributed by atoms with E-state index in [1.807, 2.05) is 6.92 Å². The smallest absolute Gasteiger partial charge is 0.300 e. The number of alkyl halides is 6. The van der Waals surface area contributed by atoms with E-state index in [1.54, 1.807) is 16.7 Å². The highest BCUT2D eigenvalue weighted by atomic mass is 19.4. The van der Waals surface area contributed by atoms with Gasteiger partial charge < -0.3 is 0 Å². The van der Waals surface area contributed by atoms with Crippen LogP contribution in [0.2, 0.25) is 0 Å². The molecule has 4 nitrogen and oxygen atoms in total. The molecule has 0 bridgehead atoms. The molecule has 0 saturated heterocycles. The number of aromatic nitrogens is 2. The van der Waals surface area contributed by atoms with Crippen LogP contribution in [0.5, 0.6) is 0 Å². The van der Waals surface area contributed by atoms with Crippen molar-refractivity contribution in [2.24, 2.45) is 17.8 Å². The first-order valence-corrected chi connectivity index (χ1v) is 14.3. The van der Waals surface area contributed by atoms with Gasteiger partial charge in [0.15, 0.2) is 5.92 Å². The Kier molecular flexibility index (Phi) is 9.63. The number of unbranched alkanes of at least 4 members (excludes halogenated alkanes) is 1. The van der Waals surface area contributed by atoms with Crippen LogP contribution in [-0.2, 0) is 24.1 Å². The number of rotatable bonds is 10. The molecular weight excluding hydrogens is 553 g/mol. The van der Waals surface area contributed by atoms with Crippen molar-refractivity contribution >= 4 is 5.78 Å². The molecule has 2 atom stereocenters. The molecule has 0 aliphatic heterocycles. The lowest BCUT2D eigenvalue weighted by Gasteiger charge is -2.36. The number of hydrogen-bond acceptors (Lipinski definition) is 3. The summed E-state index contributed by atoms with van der Waals surface area (Å²) < 4.78 is 93.5. The van der Waals surface area contributed by atoms with Gasteiger partial charge in [-0.1, -0.05) is 31.9 Å². The number of ketones is 1. The van der Waals surface area contributed by atoms with E-state index in [2.05, 4.69) is 0 Å². The molecule has 4 rings (SSSR count). The minimum absolute atomic E-state index is 0.142. The summed E-state index contributed by atoms with van der Waals surface area (Å²) in [5.41, 5.74) is 1.57. The van der Waals surface area contributed by atoms with Gasteiger partial charge in [0.2, 0.25) is 0 Å². The third-order valence-corrected chi connectivity index (χ3v) is 8.47. The number of nitrogens with zero attached hydrogens (tertiary/aromatic N) is 2. The number of fused-ring (bicyclic) bond motifs is 1. The van der Waals surface area contributed by atoms with E-state index in [9.17, 15) is 40.3 Å². The van der Waals surface area contributed by atoms with E-state index in [1.165, 1.54) is 12.1 Å². The Labute approximate surface area is 234 Å². The first-order chi connectivity index (χ1) is 19.3. The maximum absolute atomic E-state index is 14.1. The summed E-state index contributed by atoms with van der Waals surface area (Å²) in [6, 6.07) is 5.81. The predicted octanol–water partition coefficient (Wildman–Crippen LogP) is 7.70. The Morgan fingerprint density at radius 3 is 2.24 bits per heavy atom. The van der Waals surface area contributed by atoms with Crippen molar-refractivity contribution in [1.82, 2.24) is 9.55 Å². The molecule has 1 saturated carbocycles. The first-order valence-electron chi connectivity index (χ1n) is 14.3. The summed E-state index contributed by atoms with van der Waals surface area (Å²) in [6.45, 7) is 2.01. The van der Waals surface area contributed by atoms with Crippen LogP contribution in [0.15, 0.2) is 29.1 Å². The average Bonchev–Trinajstić information content (AvgIpc) is 3.05. The van der Waals surface area contributed by atoms with Gasteiger partial charge in [0.25, 0.3) is 5.56 Å². The minimum atomic E-state index is -5.56. The van der Waals surface area contributed by atoms with Gasteiger partial charge in [0.05, 0.1) is 11.7 Å². The Morgan fingerprint density at radius 1 is 1.02 bits per heavy atom. The maximum Gasteiger partial charge on any atom is 0.400 e. The number of halogens is 7. The van der Waals surface area contributed by atoms with Crippen molar-refractivity contribution in [2.45, 2.75) is 102 Å². The summed E-state index contributed by atoms with van der Waals surface area (Å²) in [4.78, 5) is 31.4. The summed E-state index contributed by atoms with van der Waals surface area (Å²) in [7, 11) is 0. The monoisotopic (exact) mass is 588 g/mol. The highest BCUT2D eigenvalue weighted by Crippen LogP contribution is 2.43. The zero-order valence-corrected chi connectivity index (χ0v) is 23.0. The lowest BCUT2D eigenvalue weighted by Crippen LogP contribution is -2.38. The van der Waals surface area contributed by atoms with Crippen LogP contribution in [-0.4, -0.2) is 27.7 Å². The zero-order valence-electron chi connectivity index (χ0n) is 23.0. The molecule has 11 heteroatoms. The van der Waals surface area contributed by atoms with Crippen molar-refractivity contribution in [3.63, 3.8) is 0 Å². The largest absolute Gasteiger partial charge is 0.400 e. The maximum atomic E-state index is 14.1. The van der Waals surface area contributed by atoms with Gasteiger partial charge in [-0.25, -0.2) is 9.37 Å². The lowest BCUT2D eigenvalue weighted by molar-refractivity contribution is -0.284. The second-order valence-corrected chi connectivity index (χ2v) is 11.5. The molecule has 2 aliphatic carbocycles. The number of carbonyl (C=O) groups excluding carboxylic acids is 1. The van der Waals surface area contributed by atoms with E-state index in [0.717, 1.165) is 37.7 Å². The SMILES string of the molecule is CCCCc1nc2c(c(=O)n1C(c1ccc(F)cc1)C1CCC1)CCCC(CC(=O)CC(C(F)(F)F)C(F)(F)F)C2. The fourth-order valence-electron chi connectivity index (χ4n) is 6.10. The summed E-state index contributed by atoms with van der Waals surface area (Å²) >= 11 is 0. The molecule has 2 aromatic rings. The third kappa shape index (κ3) is 7.38. The molecule has 1 heterocycles. The number of aryl methyl sites for hydroxylation is 1. The fraction of sp³-hybridized carbons (Fsp3) is 0.633. The van der Waals surface area contributed by atoms with Crippen molar-refractivity contribution in [2.75, 3.05) is 0 Å². The molecule has 0 radical (unpaired) electrons. The van der Waals surface area contributed by atoms with E-state index in [0.29, 0.717) is 42.8 Å². The molecule has 0 spiro atoms. The highest BCUT2D eigenvalue weighted by Gasteiger charge is 2.57. The molecule has 0 amide bonds. The predicted molar refractivity (Wildman–Crippen MR) is 139 cm³/mol. The average molecular weight is 589 g/mol. The van der Waals surface area contributed by atoms with E-state index in [-0.39, 0.29) is 29.8 Å². The Bertz CT molecular complexity index is 1250. The van der Waals surface area contributed by atoms with Gasteiger partial charge in [-0.05, 0) is 74.5 Å². The summed E-state index contributed by atoms with van der Waals surface area (Å²) in [5.74, 6) is -4.92. The fourth-order valence-corrected chi connectivity index (χ4v) is 6.10. The van der Waals surface area contributed by atoms with Gasteiger partial charge in [-0.2, -0.15) is 26.3 Å². The van der Waals surface area contributed by atoms with Crippen molar-refractivity contribution < 1.29 is 35.5 Å². The van der Waals surface area contributed by atoms with Crippen LogP contribution in [0.1, 0.15) is 93.4 Å². The number of hydrogen-bond donors (Lipinski definition) is 0. The first kappa shape index (κ1) is 31.2. The Hall–Kier alpha value is -2.72. The Balaban J connectivity index is 1.66. The number of carbonyl (C=O) groups is 1. The molecular formula is C30H35F7N2O2. The molecule has 1 aromatic carbocycles. The van der Waals surface area contributed by atoms with Crippen LogP contribution in [0.3, 0.4) is 0 Å². The Morgan fingerprint density at radius 2 is 1.68 bits per heavy atom. The van der Waals surface area contributed by atoms with E-state index in [4.69, 9.17) is 4.98 Å². The zero-order chi connectivity index (χ0) is 29.9. The second kappa shape index (κ2) is 12.7. The van der Waals surface area contributed by atoms with Gasteiger partial charge in [0, 0.05) is 24.8 Å². The van der Waals surface area contributed by atoms with Crippen LogP contribution < -0.4 is 5.56 Å². The standard InChI is InChI=1S/C30H35F7N2O2/c1-2-3-10-26-38-24-16-18(15-22(40)17-25(29(32,33)34)30(35,36)37)6-4-9-23(24)28(41)39(26)27(19-7-5-8-19)20-11-13-21(31)14-12-20/h11-14,18-19,25,27H,2-10,15-17H2,1H3. The van der Waals surface area contributed by atoms with Crippen LogP contribution in [0, 0.1) is 23.6 Å². The van der Waals surface area contributed by atoms with Crippen molar-refractivity contribution in [1.29, 1.82) is 0 Å². The van der Waals surface area contributed by atoms with Crippen LogP contribution in [0.4, 0.5) is 30.7 Å². The van der Waals surface area contributed by atoms with Crippen LogP contribution in [0.25, 0.3) is 0 Å².